The van der Waals surface area contributed by atoms with E-state index in [9.17, 15) is 4.79 Å². The van der Waals surface area contributed by atoms with Gasteiger partial charge < -0.3 is 9.64 Å². The highest BCUT2D eigenvalue weighted by atomic mass is 16.5. The first kappa shape index (κ1) is 17.3. The van der Waals surface area contributed by atoms with Crippen LogP contribution >= 0.6 is 0 Å². The van der Waals surface area contributed by atoms with Gasteiger partial charge in [0.2, 0.25) is 5.91 Å². The first-order chi connectivity index (χ1) is 12.8. The summed E-state index contributed by atoms with van der Waals surface area (Å²) in [6.45, 7) is 4.04. The first-order valence-corrected chi connectivity index (χ1v) is 9.49. The van der Waals surface area contributed by atoms with E-state index in [-0.39, 0.29) is 18.1 Å². The summed E-state index contributed by atoms with van der Waals surface area (Å²) in [7, 11) is 0. The zero-order valence-corrected chi connectivity index (χ0v) is 15.1. The summed E-state index contributed by atoms with van der Waals surface area (Å²) in [5, 5.41) is 0. The van der Waals surface area contributed by atoms with Crippen LogP contribution in [0.5, 0.6) is 0 Å². The SMILES string of the molecule is O=C1CCN(Cc2ccccc2)C[C@@H]2C[C@@H](OCc3ccccc3)CN12. The van der Waals surface area contributed by atoms with Crippen molar-refractivity contribution in [2.75, 3.05) is 19.6 Å². The molecule has 0 saturated carbocycles. The molecule has 4 rings (SSSR count). The fourth-order valence-corrected chi connectivity index (χ4v) is 4.03. The fraction of sp³-hybridized carbons (Fsp3) is 0.409. The highest BCUT2D eigenvalue weighted by Gasteiger charge is 2.38. The molecule has 0 aromatic heterocycles. The fourth-order valence-electron chi connectivity index (χ4n) is 4.03. The van der Waals surface area contributed by atoms with Crippen molar-refractivity contribution in [3.63, 3.8) is 0 Å². The van der Waals surface area contributed by atoms with Gasteiger partial charge in [0.05, 0.1) is 12.7 Å². The lowest BCUT2D eigenvalue weighted by molar-refractivity contribution is -0.131. The Bertz CT molecular complexity index is 719. The number of rotatable bonds is 5. The van der Waals surface area contributed by atoms with Gasteiger partial charge in [-0.2, -0.15) is 0 Å². The molecular formula is C22H26N2O2. The molecule has 0 bridgehead atoms. The van der Waals surface area contributed by atoms with E-state index >= 15 is 0 Å². The minimum atomic E-state index is 0.140. The van der Waals surface area contributed by atoms with Gasteiger partial charge in [0.25, 0.3) is 0 Å². The molecule has 2 aromatic carbocycles. The molecule has 0 spiro atoms. The van der Waals surface area contributed by atoms with Crippen LogP contribution < -0.4 is 0 Å². The summed E-state index contributed by atoms with van der Waals surface area (Å²) < 4.78 is 6.11. The summed E-state index contributed by atoms with van der Waals surface area (Å²) in [6, 6.07) is 21.0. The Morgan fingerprint density at radius 3 is 2.35 bits per heavy atom. The summed E-state index contributed by atoms with van der Waals surface area (Å²) in [5.74, 6) is 0.274. The van der Waals surface area contributed by atoms with E-state index in [4.69, 9.17) is 4.74 Å². The maximum atomic E-state index is 12.6. The number of amides is 1. The minimum Gasteiger partial charge on any atom is -0.372 e. The number of fused-ring (bicyclic) bond motifs is 1. The molecule has 2 atom stereocenters. The Morgan fingerprint density at radius 1 is 0.923 bits per heavy atom. The lowest BCUT2D eigenvalue weighted by Crippen LogP contribution is -2.38. The predicted octanol–water partition coefficient (Wildman–Crippen LogP) is 3.08. The van der Waals surface area contributed by atoms with E-state index in [0.717, 1.165) is 32.6 Å². The molecule has 2 aliphatic heterocycles. The maximum Gasteiger partial charge on any atom is 0.224 e. The lowest BCUT2D eigenvalue weighted by Gasteiger charge is -2.25. The van der Waals surface area contributed by atoms with Gasteiger partial charge in [0.1, 0.15) is 0 Å². The van der Waals surface area contributed by atoms with Gasteiger partial charge in [-0.15, -0.1) is 0 Å². The molecule has 1 amide bonds. The third-order valence-corrected chi connectivity index (χ3v) is 5.38. The minimum absolute atomic E-state index is 0.140. The smallest absolute Gasteiger partial charge is 0.224 e. The highest BCUT2D eigenvalue weighted by molar-refractivity contribution is 5.77. The van der Waals surface area contributed by atoms with Gasteiger partial charge in [-0.05, 0) is 17.5 Å². The van der Waals surface area contributed by atoms with Gasteiger partial charge in [0, 0.05) is 38.6 Å². The molecule has 2 saturated heterocycles. The van der Waals surface area contributed by atoms with Crippen LogP contribution in [0.15, 0.2) is 60.7 Å². The molecule has 2 aliphatic rings. The van der Waals surface area contributed by atoms with Crippen molar-refractivity contribution in [3.05, 3.63) is 71.8 Å². The first-order valence-electron chi connectivity index (χ1n) is 9.49. The van der Waals surface area contributed by atoms with Crippen LogP contribution in [-0.2, 0) is 22.7 Å². The molecule has 4 heteroatoms. The van der Waals surface area contributed by atoms with Crippen molar-refractivity contribution in [1.29, 1.82) is 0 Å². The van der Waals surface area contributed by atoms with Gasteiger partial charge in [-0.3, -0.25) is 9.69 Å². The number of carbonyl (C=O) groups is 1. The van der Waals surface area contributed by atoms with E-state index in [2.05, 4.69) is 46.2 Å². The van der Waals surface area contributed by atoms with E-state index < -0.39 is 0 Å². The van der Waals surface area contributed by atoms with Crippen molar-refractivity contribution in [2.45, 2.75) is 38.1 Å². The molecule has 2 fully saturated rings. The second-order valence-electron chi connectivity index (χ2n) is 7.32. The Labute approximate surface area is 155 Å². The number of nitrogens with zero attached hydrogens (tertiary/aromatic N) is 2. The summed E-state index contributed by atoms with van der Waals surface area (Å²) in [5.41, 5.74) is 2.50. The number of ether oxygens (including phenoxy) is 1. The molecule has 0 unspecified atom stereocenters. The maximum absolute atomic E-state index is 12.6. The molecule has 0 aliphatic carbocycles. The van der Waals surface area contributed by atoms with Gasteiger partial charge in [-0.1, -0.05) is 60.7 Å². The molecule has 136 valence electrons. The molecule has 4 nitrogen and oxygen atoms in total. The zero-order valence-electron chi connectivity index (χ0n) is 15.1. The Balaban J connectivity index is 1.36. The third kappa shape index (κ3) is 4.14. The normalized spacial score (nSPS) is 23.7. The van der Waals surface area contributed by atoms with E-state index in [1.165, 1.54) is 11.1 Å². The third-order valence-electron chi connectivity index (χ3n) is 5.38. The van der Waals surface area contributed by atoms with Crippen LogP contribution in [-0.4, -0.2) is 47.5 Å². The number of hydrogen-bond acceptors (Lipinski definition) is 3. The van der Waals surface area contributed by atoms with E-state index in [1.54, 1.807) is 0 Å². The van der Waals surface area contributed by atoms with Crippen LogP contribution in [0.4, 0.5) is 0 Å². The summed E-state index contributed by atoms with van der Waals surface area (Å²) in [4.78, 5) is 17.0. The molecule has 0 N–H and O–H groups in total. The monoisotopic (exact) mass is 350 g/mol. The van der Waals surface area contributed by atoms with Crippen molar-refractivity contribution < 1.29 is 9.53 Å². The standard InChI is InChI=1S/C22H26N2O2/c25-22-11-12-23(14-18-7-3-1-4-8-18)15-20-13-21(16-24(20)22)26-17-19-9-5-2-6-10-19/h1-10,20-21H,11-17H2/t20-,21+/m0/s1. The molecule has 0 radical (unpaired) electrons. The summed E-state index contributed by atoms with van der Waals surface area (Å²) in [6.07, 6.45) is 1.68. The zero-order chi connectivity index (χ0) is 17.8. The Hall–Kier alpha value is -2.17. The molecule has 26 heavy (non-hydrogen) atoms. The quantitative estimate of drug-likeness (QED) is 0.831. The number of benzene rings is 2. The second-order valence-corrected chi connectivity index (χ2v) is 7.32. The summed E-state index contributed by atoms with van der Waals surface area (Å²) >= 11 is 0. The van der Waals surface area contributed by atoms with Crippen LogP contribution in [0.1, 0.15) is 24.0 Å². The van der Waals surface area contributed by atoms with Crippen molar-refractivity contribution in [3.8, 4) is 0 Å². The number of hydrogen-bond donors (Lipinski definition) is 0. The van der Waals surface area contributed by atoms with Crippen LogP contribution in [0.2, 0.25) is 0 Å². The van der Waals surface area contributed by atoms with Gasteiger partial charge in [-0.25, -0.2) is 0 Å². The van der Waals surface area contributed by atoms with Crippen LogP contribution in [0.3, 0.4) is 0 Å². The van der Waals surface area contributed by atoms with Gasteiger partial charge in [0.15, 0.2) is 0 Å². The van der Waals surface area contributed by atoms with Crippen LogP contribution in [0.25, 0.3) is 0 Å². The predicted molar refractivity (Wildman–Crippen MR) is 101 cm³/mol. The second kappa shape index (κ2) is 8.02. The van der Waals surface area contributed by atoms with Crippen molar-refractivity contribution >= 4 is 5.91 Å². The highest BCUT2D eigenvalue weighted by Crippen LogP contribution is 2.26. The average Bonchev–Trinajstić information content (AvgIpc) is 3.02. The Morgan fingerprint density at radius 2 is 1.62 bits per heavy atom. The Kier molecular flexibility index (Phi) is 5.32. The number of carbonyl (C=O) groups excluding carboxylic acids is 1. The lowest BCUT2D eigenvalue weighted by atomic mass is 10.1. The molecule has 2 heterocycles. The largest absolute Gasteiger partial charge is 0.372 e. The van der Waals surface area contributed by atoms with Crippen molar-refractivity contribution in [2.24, 2.45) is 0 Å². The van der Waals surface area contributed by atoms with E-state index in [0.29, 0.717) is 13.0 Å². The molecule has 2 aromatic rings. The molecular weight excluding hydrogens is 324 g/mol. The van der Waals surface area contributed by atoms with Crippen molar-refractivity contribution in [1.82, 2.24) is 9.80 Å². The van der Waals surface area contributed by atoms with E-state index in [1.807, 2.05) is 24.3 Å². The topological polar surface area (TPSA) is 32.8 Å². The van der Waals surface area contributed by atoms with Crippen LogP contribution in [0, 0.1) is 0 Å². The van der Waals surface area contributed by atoms with Gasteiger partial charge >= 0.3 is 0 Å². The average molecular weight is 350 g/mol.